The van der Waals surface area contributed by atoms with Gasteiger partial charge in [0.05, 0.1) is 11.0 Å². The zero-order valence-electron chi connectivity index (χ0n) is 15.4. The summed E-state index contributed by atoms with van der Waals surface area (Å²) in [5.74, 6) is 0. The van der Waals surface area contributed by atoms with Crippen LogP contribution in [-0.2, 0) is 14.1 Å². The summed E-state index contributed by atoms with van der Waals surface area (Å²) in [5, 5.41) is 11.0. The first-order valence-corrected chi connectivity index (χ1v) is 8.31. The molecule has 0 N–H and O–H groups in total. The molecule has 2 aromatic heterocycles. The van der Waals surface area contributed by atoms with Crippen LogP contribution in [0.4, 0.5) is 0 Å². The molecule has 0 bridgehead atoms. The Hall–Kier alpha value is -2.62. The van der Waals surface area contributed by atoms with Crippen LogP contribution in [-0.4, -0.2) is 19.6 Å². The van der Waals surface area contributed by atoms with Gasteiger partial charge >= 0.3 is 0 Å². The van der Waals surface area contributed by atoms with E-state index in [-0.39, 0.29) is 0 Å². The minimum Gasteiger partial charge on any atom is -0.275 e. The number of hydrogen-bond acceptors (Lipinski definition) is 2. The van der Waals surface area contributed by atoms with Crippen LogP contribution in [0.15, 0.2) is 48.8 Å². The smallest absolute Gasteiger partial charge is 0.0925 e. The highest BCUT2D eigenvalue weighted by molar-refractivity contribution is 5.79. The maximum Gasteiger partial charge on any atom is 0.0925 e. The molecule has 0 saturated heterocycles. The van der Waals surface area contributed by atoms with Crippen LogP contribution in [0.1, 0.15) is 25.0 Å². The number of rotatable bonds is 0. The molecule has 0 fully saturated rings. The van der Waals surface area contributed by atoms with Crippen molar-refractivity contribution in [1.82, 2.24) is 19.6 Å². The van der Waals surface area contributed by atoms with Crippen LogP contribution in [0.3, 0.4) is 0 Å². The number of aryl methyl sites for hydroxylation is 4. The summed E-state index contributed by atoms with van der Waals surface area (Å²) in [4.78, 5) is 0. The van der Waals surface area contributed by atoms with Crippen LogP contribution in [0.2, 0.25) is 0 Å². The van der Waals surface area contributed by atoms with Crippen molar-refractivity contribution in [2.45, 2.75) is 27.7 Å². The number of nitrogens with zero attached hydrogens (tertiary/aromatic N) is 4. The lowest BCUT2D eigenvalue weighted by molar-refractivity contribution is 0.779. The van der Waals surface area contributed by atoms with E-state index >= 15 is 0 Å². The lowest BCUT2D eigenvalue weighted by atomic mass is 10.2. The van der Waals surface area contributed by atoms with Crippen molar-refractivity contribution in [3.63, 3.8) is 0 Å². The Balaban J connectivity index is 0.000000158. The number of aromatic nitrogens is 4. The standard InChI is InChI=1S/2C9H10N2.C2H6/c2*1-7-3-4-8-6-11(2)10-9(8)5-7;1-2/h2*3-6H,1-2H3;1-2H3. The summed E-state index contributed by atoms with van der Waals surface area (Å²) in [6, 6.07) is 12.6. The van der Waals surface area contributed by atoms with Crippen molar-refractivity contribution in [3.8, 4) is 0 Å². The quantitative estimate of drug-likeness (QED) is 0.466. The van der Waals surface area contributed by atoms with E-state index in [4.69, 9.17) is 0 Å². The van der Waals surface area contributed by atoms with E-state index in [0.29, 0.717) is 0 Å². The fourth-order valence-corrected chi connectivity index (χ4v) is 2.50. The largest absolute Gasteiger partial charge is 0.275 e. The molecule has 0 amide bonds. The maximum atomic E-state index is 4.29. The highest BCUT2D eigenvalue weighted by Gasteiger charge is 1.96. The van der Waals surface area contributed by atoms with Crippen LogP contribution < -0.4 is 0 Å². The lowest BCUT2D eigenvalue weighted by Gasteiger charge is -1.88. The molecule has 0 aliphatic carbocycles. The van der Waals surface area contributed by atoms with Gasteiger partial charge in [0.2, 0.25) is 0 Å². The second-order valence-corrected chi connectivity index (χ2v) is 5.73. The van der Waals surface area contributed by atoms with Gasteiger partial charge in [0.15, 0.2) is 0 Å². The number of hydrogen-bond donors (Lipinski definition) is 0. The van der Waals surface area contributed by atoms with E-state index in [1.165, 1.54) is 21.9 Å². The van der Waals surface area contributed by atoms with E-state index in [1.54, 1.807) is 0 Å². The summed E-state index contributed by atoms with van der Waals surface area (Å²) in [6.45, 7) is 8.16. The van der Waals surface area contributed by atoms with Crippen LogP contribution >= 0.6 is 0 Å². The molecule has 4 nitrogen and oxygen atoms in total. The molecular weight excluding hydrogens is 296 g/mol. The van der Waals surface area contributed by atoms with Crippen molar-refractivity contribution >= 4 is 21.8 Å². The highest BCUT2D eigenvalue weighted by Crippen LogP contribution is 2.13. The third-order valence-electron chi connectivity index (χ3n) is 3.55. The van der Waals surface area contributed by atoms with Gasteiger partial charge in [0.1, 0.15) is 0 Å². The lowest BCUT2D eigenvalue weighted by Crippen LogP contribution is -1.84. The number of benzene rings is 2. The van der Waals surface area contributed by atoms with Crippen LogP contribution in [0, 0.1) is 13.8 Å². The summed E-state index contributed by atoms with van der Waals surface area (Å²) >= 11 is 0. The van der Waals surface area contributed by atoms with E-state index in [0.717, 1.165) is 11.0 Å². The first-order chi connectivity index (χ1) is 11.5. The van der Waals surface area contributed by atoms with Crippen molar-refractivity contribution in [2.24, 2.45) is 14.1 Å². The fourth-order valence-electron chi connectivity index (χ4n) is 2.50. The maximum absolute atomic E-state index is 4.29. The third-order valence-corrected chi connectivity index (χ3v) is 3.55. The van der Waals surface area contributed by atoms with Crippen molar-refractivity contribution in [3.05, 3.63) is 59.9 Å². The molecule has 0 aliphatic heterocycles. The Kier molecular flexibility index (Phi) is 5.74. The molecule has 24 heavy (non-hydrogen) atoms. The third kappa shape index (κ3) is 4.22. The van der Waals surface area contributed by atoms with Gasteiger partial charge in [-0.05, 0) is 37.1 Å². The second-order valence-electron chi connectivity index (χ2n) is 5.73. The predicted octanol–water partition coefficient (Wildman–Crippen LogP) is 4.79. The zero-order chi connectivity index (χ0) is 17.7. The van der Waals surface area contributed by atoms with E-state index in [9.17, 15) is 0 Å². The molecule has 0 atom stereocenters. The average Bonchev–Trinajstić information content (AvgIpc) is 3.09. The van der Waals surface area contributed by atoms with E-state index in [2.05, 4.69) is 60.4 Å². The van der Waals surface area contributed by atoms with Gasteiger partial charge in [-0.1, -0.05) is 38.1 Å². The summed E-state index contributed by atoms with van der Waals surface area (Å²) in [5.41, 5.74) is 4.67. The first-order valence-electron chi connectivity index (χ1n) is 8.31. The first kappa shape index (κ1) is 17.7. The molecule has 2 aromatic carbocycles. The monoisotopic (exact) mass is 322 g/mol. The van der Waals surface area contributed by atoms with Gasteiger partial charge in [-0.15, -0.1) is 0 Å². The van der Waals surface area contributed by atoms with Gasteiger partial charge in [-0.2, -0.15) is 10.2 Å². The van der Waals surface area contributed by atoms with Gasteiger partial charge in [-0.25, -0.2) is 0 Å². The minimum atomic E-state index is 1.08. The molecule has 0 radical (unpaired) electrons. The van der Waals surface area contributed by atoms with Gasteiger partial charge < -0.3 is 0 Å². The average molecular weight is 322 g/mol. The molecule has 4 rings (SSSR count). The summed E-state index contributed by atoms with van der Waals surface area (Å²) in [6.07, 6.45) is 4.05. The van der Waals surface area contributed by atoms with Gasteiger partial charge in [0.25, 0.3) is 0 Å². The molecule has 126 valence electrons. The molecule has 0 saturated carbocycles. The van der Waals surface area contributed by atoms with Gasteiger partial charge in [0, 0.05) is 37.3 Å². The second kappa shape index (κ2) is 7.77. The highest BCUT2D eigenvalue weighted by atomic mass is 15.2. The molecule has 0 aliphatic rings. The van der Waals surface area contributed by atoms with E-state index < -0.39 is 0 Å². The topological polar surface area (TPSA) is 35.6 Å². The van der Waals surface area contributed by atoms with Gasteiger partial charge in [-0.3, -0.25) is 9.36 Å². The Morgan fingerprint density at radius 2 is 1.04 bits per heavy atom. The summed E-state index contributed by atoms with van der Waals surface area (Å²) in [7, 11) is 3.88. The minimum absolute atomic E-state index is 1.08. The zero-order valence-corrected chi connectivity index (χ0v) is 15.4. The number of fused-ring (bicyclic) bond motifs is 2. The SMILES string of the molecule is CC.Cc1ccc2cn(C)nc2c1.Cc1ccc2cn(C)nc2c1. The molecule has 0 unspecified atom stereocenters. The Labute approximate surface area is 143 Å². The van der Waals surface area contributed by atoms with Crippen LogP contribution in [0.5, 0.6) is 0 Å². The predicted molar refractivity (Wildman–Crippen MR) is 102 cm³/mol. The van der Waals surface area contributed by atoms with Crippen LogP contribution in [0.25, 0.3) is 21.8 Å². The molecule has 4 heteroatoms. The molecular formula is C20H26N4. The normalized spacial score (nSPS) is 10.1. The molecule has 2 heterocycles. The van der Waals surface area contributed by atoms with E-state index in [1.807, 2.05) is 49.7 Å². The Morgan fingerprint density at radius 3 is 1.42 bits per heavy atom. The van der Waals surface area contributed by atoms with Crippen molar-refractivity contribution < 1.29 is 0 Å². The van der Waals surface area contributed by atoms with Crippen molar-refractivity contribution in [2.75, 3.05) is 0 Å². The summed E-state index contributed by atoms with van der Waals surface area (Å²) < 4.78 is 3.67. The fraction of sp³-hybridized carbons (Fsp3) is 0.300. The molecule has 0 spiro atoms. The Morgan fingerprint density at radius 1 is 0.667 bits per heavy atom. The van der Waals surface area contributed by atoms with Crippen molar-refractivity contribution in [1.29, 1.82) is 0 Å². The Bertz CT molecular complexity index is 853. The molecule has 4 aromatic rings.